The molecular formula is C12H14O2S2. The molecule has 16 heavy (non-hydrogen) atoms. The molecule has 1 heterocycles. The van der Waals surface area contributed by atoms with Gasteiger partial charge in [-0.2, -0.15) is 0 Å². The monoisotopic (exact) mass is 254 g/mol. The molecule has 0 saturated carbocycles. The molecule has 2 rings (SSSR count). The van der Waals surface area contributed by atoms with Crippen molar-refractivity contribution in [3.05, 3.63) is 35.9 Å². The lowest BCUT2D eigenvalue weighted by molar-refractivity contribution is 0.0254. The Morgan fingerprint density at radius 1 is 1.25 bits per heavy atom. The first-order valence-electron chi connectivity index (χ1n) is 5.28. The molecule has 1 unspecified atom stereocenters. The fourth-order valence-electron chi connectivity index (χ4n) is 1.47. The number of benzene rings is 1. The van der Waals surface area contributed by atoms with Gasteiger partial charge >= 0.3 is 5.97 Å². The van der Waals surface area contributed by atoms with Crippen LogP contribution in [0, 0.1) is 5.92 Å². The molecule has 1 aromatic rings. The van der Waals surface area contributed by atoms with E-state index in [9.17, 15) is 4.79 Å². The summed E-state index contributed by atoms with van der Waals surface area (Å²) in [5.41, 5.74) is 0.637. The van der Waals surface area contributed by atoms with Crippen LogP contribution in [-0.2, 0) is 4.74 Å². The average molecular weight is 254 g/mol. The van der Waals surface area contributed by atoms with E-state index in [2.05, 4.69) is 6.92 Å². The van der Waals surface area contributed by atoms with Crippen LogP contribution in [0.25, 0.3) is 0 Å². The van der Waals surface area contributed by atoms with Gasteiger partial charge in [-0.1, -0.05) is 46.7 Å². The summed E-state index contributed by atoms with van der Waals surface area (Å²) in [7, 11) is 3.64. The van der Waals surface area contributed by atoms with Crippen LogP contribution in [0.2, 0.25) is 0 Å². The highest BCUT2D eigenvalue weighted by Gasteiger charge is 2.26. The molecule has 86 valence electrons. The van der Waals surface area contributed by atoms with Gasteiger partial charge in [-0.3, -0.25) is 0 Å². The Hall–Kier alpha value is -0.610. The van der Waals surface area contributed by atoms with Gasteiger partial charge in [0, 0.05) is 17.4 Å². The third-order valence-corrected chi connectivity index (χ3v) is 5.16. The lowest BCUT2D eigenvalue weighted by atomic mass is 10.1. The van der Waals surface area contributed by atoms with Crippen LogP contribution < -0.4 is 0 Å². The summed E-state index contributed by atoms with van der Waals surface area (Å²) in [5, 5.41) is 0. The quantitative estimate of drug-likeness (QED) is 0.598. The number of ether oxygens (including phenoxy) is 1. The van der Waals surface area contributed by atoms with Gasteiger partial charge in [0.1, 0.15) is 6.10 Å². The van der Waals surface area contributed by atoms with Crippen LogP contribution >= 0.6 is 21.6 Å². The zero-order valence-electron chi connectivity index (χ0n) is 9.09. The van der Waals surface area contributed by atoms with Crippen LogP contribution in [0.5, 0.6) is 0 Å². The fourth-order valence-corrected chi connectivity index (χ4v) is 4.25. The van der Waals surface area contributed by atoms with Crippen molar-refractivity contribution in [3.63, 3.8) is 0 Å². The van der Waals surface area contributed by atoms with E-state index >= 15 is 0 Å². The predicted octanol–water partition coefficient (Wildman–Crippen LogP) is 3.24. The lowest BCUT2D eigenvalue weighted by Crippen LogP contribution is -2.31. The fraction of sp³-hybridized carbons (Fsp3) is 0.417. The maximum absolute atomic E-state index is 11.8. The van der Waals surface area contributed by atoms with Gasteiger partial charge in [-0.15, -0.1) is 0 Å². The van der Waals surface area contributed by atoms with E-state index in [4.69, 9.17) is 4.74 Å². The normalized spacial score (nSPS) is 25.1. The van der Waals surface area contributed by atoms with Crippen LogP contribution in [0.1, 0.15) is 17.3 Å². The van der Waals surface area contributed by atoms with Crippen molar-refractivity contribution in [2.45, 2.75) is 13.0 Å². The van der Waals surface area contributed by atoms with Crippen LogP contribution in [0.3, 0.4) is 0 Å². The largest absolute Gasteiger partial charge is 0.458 e. The maximum Gasteiger partial charge on any atom is 0.338 e. The highest BCUT2D eigenvalue weighted by molar-refractivity contribution is 8.76. The SMILES string of the molecule is CC1CSSC[C@H]1OC(=O)c1ccccc1. The third kappa shape index (κ3) is 2.95. The summed E-state index contributed by atoms with van der Waals surface area (Å²) in [6.45, 7) is 2.13. The molecule has 4 heteroatoms. The van der Waals surface area contributed by atoms with Gasteiger partial charge < -0.3 is 4.74 Å². The summed E-state index contributed by atoms with van der Waals surface area (Å²) in [4.78, 5) is 11.8. The van der Waals surface area contributed by atoms with Crippen molar-refractivity contribution in [2.75, 3.05) is 11.5 Å². The molecule has 0 spiro atoms. The van der Waals surface area contributed by atoms with E-state index in [0.717, 1.165) is 11.5 Å². The highest BCUT2D eigenvalue weighted by atomic mass is 33.1. The summed E-state index contributed by atoms with van der Waals surface area (Å²) >= 11 is 0. The predicted molar refractivity (Wildman–Crippen MR) is 69.7 cm³/mol. The van der Waals surface area contributed by atoms with E-state index in [-0.39, 0.29) is 12.1 Å². The van der Waals surface area contributed by atoms with E-state index < -0.39 is 0 Å². The maximum atomic E-state index is 11.8. The summed E-state index contributed by atoms with van der Waals surface area (Å²) < 4.78 is 5.52. The second kappa shape index (κ2) is 5.64. The van der Waals surface area contributed by atoms with Crippen molar-refractivity contribution >= 4 is 27.6 Å². The highest BCUT2D eigenvalue weighted by Crippen LogP contribution is 2.34. The molecule has 0 bridgehead atoms. The number of esters is 1. The Balaban J connectivity index is 1.96. The first-order valence-corrected chi connectivity index (χ1v) is 7.76. The Morgan fingerprint density at radius 2 is 1.94 bits per heavy atom. The zero-order valence-corrected chi connectivity index (χ0v) is 10.7. The molecule has 1 aliphatic rings. The number of rotatable bonds is 2. The number of carbonyl (C=O) groups is 1. The minimum Gasteiger partial charge on any atom is -0.458 e. The Kier molecular flexibility index (Phi) is 4.18. The van der Waals surface area contributed by atoms with E-state index in [1.807, 2.05) is 29.0 Å². The van der Waals surface area contributed by atoms with Crippen LogP contribution in [0.15, 0.2) is 30.3 Å². The zero-order chi connectivity index (χ0) is 11.4. The molecule has 1 aromatic carbocycles. The second-order valence-electron chi connectivity index (χ2n) is 3.86. The topological polar surface area (TPSA) is 26.3 Å². The first kappa shape index (κ1) is 11.9. The number of hydrogen-bond acceptors (Lipinski definition) is 4. The van der Waals surface area contributed by atoms with Gasteiger partial charge in [-0.25, -0.2) is 4.79 Å². The van der Waals surface area contributed by atoms with Crippen molar-refractivity contribution in [3.8, 4) is 0 Å². The molecule has 1 aliphatic heterocycles. The average Bonchev–Trinajstić information content (AvgIpc) is 2.33. The Bertz CT molecular complexity index is 353. The van der Waals surface area contributed by atoms with Gasteiger partial charge in [0.25, 0.3) is 0 Å². The molecule has 0 aromatic heterocycles. The van der Waals surface area contributed by atoms with Crippen molar-refractivity contribution < 1.29 is 9.53 Å². The molecule has 0 N–H and O–H groups in total. The molecule has 1 saturated heterocycles. The van der Waals surface area contributed by atoms with Crippen molar-refractivity contribution in [1.82, 2.24) is 0 Å². The molecule has 2 atom stereocenters. The molecule has 0 amide bonds. The van der Waals surface area contributed by atoms with Crippen LogP contribution in [-0.4, -0.2) is 23.6 Å². The van der Waals surface area contributed by atoms with E-state index in [1.54, 1.807) is 22.9 Å². The van der Waals surface area contributed by atoms with Gasteiger partial charge in [0.05, 0.1) is 5.56 Å². The first-order chi connectivity index (χ1) is 7.77. The second-order valence-corrected chi connectivity index (χ2v) is 6.41. The van der Waals surface area contributed by atoms with E-state index in [1.165, 1.54) is 0 Å². The minimum absolute atomic E-state index is 0.0546. The third-order valence-electron chi connectivity index (χ3n) is 2.55. The molecular weight excluding hydrogens is 240 g/mol. The Morgan fingerprint density at radius 3 is 2.62 bits per heavy atom. The molecule has 0 aliphatic carbocycles. The number of carbonyl (C=O) groups excluding carboxylic acids is 1. The standard InChI is InChI=1S/C12H14O2S2/c1-9-7-15-16-8-11(9)14-12(13)10-5-3-2-4-6-10/h2-6,9,11H,7-8H2,1H3/t9?,11-/m1/s1. The molecule has 2 nitrogen and oxygen atoms in total. The van der Waals surface area contributed by atoms with Crippen LogP contribution in [0.4, 0.5) is 0 Å². The van der Waals surface area contributed by atoms with Crippen molar-refractivity contribution in [2.24, 2.45) is 5.92 Å². The summed E-state index contributed by atoms with van der Waals surface area (Å²) in [6, 6.07) is 9.18. The molecule has 0 radical (unpaired) electrons. The summed E-state index contributed by atoms with van der Waals surface area (Å²) in [5.74, 6) is 2.19. The molecule has 1 fully saturated rings. The van der Waals surface area contributed by atoms with Gasteiger partial charge in [0.15, 0.2) is 0 Å². The minimum atomic E-state index is -0.204. The smallest absolute Gasteiger partial charge is 0.338 e. The van der Waals surface area contributed by atoms with Gasteiger partial charge in [-0.05, 0) is 12.1 Å². The summed E-state index contributed by atoms with van der Waals surface area (Å²) in [6.07, 6.45) is 0.0546. The number of hydrogen-bond donors (Lipinski definition) is 0. The Labute approximate surface area is 104 Å². The van der Waals surface area contributed by atoms with Crippen molar-refractivity contribution in [1.29, 1.82) is 0 Å². The van der Waals surface area contributed by atoms with Gasteiger partial charge in [0.2, 0.25) is 0 Å². The lowest BCUT2D eigenvalue weighted by Gasteiger charge is -2.27. The van der Waals surface area contributed by atoms with E-state index in [0.29, 0.717) is 11.5 Å².